The summed E-state index contributed by atoms with van der Waals surface area (Å²) in [6.07, 6.45) is 0.773. The smallest absolute Gasteiger partial charge is 0.123 e. The van der Waals surface area contributed by atoms with Crippen LogP contribution in [-0.2, 0) is 0 Å². The number of hydrazone groups is 1. The van der Waals surface area contributed by atoms with Crippen LogP contribution in [0.4, 0.5) is 10.1 Å². The SMILES string of the molecule is Cc1ccc(C)c(N2N=C(CN)CC2c2ccc(F)cc2)c1. The topological polar surface area (TPSA) is 41.6 Å². The van der Waals surface area contributed by atoms with Crippen LogP contribution in [0, 0.1) is 19.7 Å². The van der Waals surface area contributed by atoms with Crippen LogP contribution in [-0.4, -0.2) is 12.3 Å². The third-order valence-corrected chi connectivity index (χ3v) is 4.08. The summed E-state index contributed by atoms with van der Waals surface area (Å²) in [6, 6.07) is 13.0. The van der Waals surface area contributed by atoms with Crippen molar-refractivity contribution in [1.29, 1.82) is 0 Å². The molecule has 1 unspecified atom stereocenters. The van der Waals surface area contributed by atoms with Crippen molar-refractivity contribution in [2.24, 2.45) is 10.8 Å². The van der Waals surface area contributed by atoms with Crippen molar-refractivity contribution in [2.45, 2.75) is 26.3 Å². The molecule has 0 aliphatic carbocycles. The fourth-order valence-electron chi connectivity index (χ4n) is 2.83. The number of rotatable bonds is 3. The second-order valence-corrected chi connectivity index (χ2v) is 5.78. The highest BCUT2D eigenvalue weighted by molar-refractivity contribution is 5.90. The Balaban J connectivity index is 2.03. The van der Waals surface area contributed by atoms with Crippen molar-refractivity contribution < 1.29 is 4.39 Å². The molecule has 0 amide bonds. The molecular formula is C18H20FN3. The molecule has 0 fully saturated rings. The summed E-state index contributed by atoms with van der Waals surface area (Å²) >= 11 is 0. The summed E-state index contributed by atoms with van der Waals surface area (Å²) in [6.45, 7) is 4.59. The van der Waals surface area contributed by atoms with Gasteiger partial charge in [-0.05, 0) is 48.7 Å². The standard InChI is InChI=1S/C18H20FN3/c1-12-3-4-13(2)17(9-12)22-18(10-16(11-20)21-22)14-5-7-15(19)8-6-14/h3-9,18H,10-11,20H2,1-2H3. The van der Waals surface area contributed by atoms with Gasteiger partial charge in [0.05, 0.1) is 17.4 Å². The van der Waals surface area contributed by atoms with Crippen LogP contribution in [0.15, 0.2) is 47.6 Å². The van der Waals surface area contributed by atoms with Crippen LogP contribution in [0.25, 0.3) is 0 Å². The van der Waals surface area contributed by atoms with Gasteiger partial charge in [-0.25, -0.2) is 4.39 Å². The molecule has 2 aromatic carbocycles. The number of benzene rings is 2. The highest BCUT2D eigenvalue weighted by Gasteiger charge is 2.29. The number of hydrogen-bond donors (Lipinski definition) is 1. The van der Waals surface area contributed by atoms with Crippen LogP contribution in [0.2, 0.25) is 0 Å². The molecule has 1 aliphatic rings. The van der Waals surface area contributed by atoms with E-state index in [1.54, 1.807) is 0 Å². The lowest BCUT2D eigenvalue weighted by molar-refractivity contribution is 0.624. The van der Waals surface area contributed by atoms with Gasteiger partial charge < -0.3 is 5.73 Å². The van der Waals surface area contributed by atoms with E-state index in [1.807, 2.05) is 17.1 Å². The summed E-state index contributed by atoms with van der Waals surface area (Å²) in [5.41, 5.74) is 11.2. The zero-order valence-electron chi connectivity index (χ0n) is 12.9. The average Bonchev–Trinajstić information content (AvgIpc) is 2.94. The van der Waals surface area contributed by atoms with Gasteiger partial charge in [0, 0.05) is 13.0 Å². The Hall–Kier alpha value is -2.20. The summed E-state index contributed by atoms with van der Waals surface area (Å²) in [7, 11) is 0. The molecule has 0 saturated carbocycles. The van der Waals surface area contributed by atoms with E-state index < -0.39 is 0 Å². The van der Waals surface area contributed by atoms with Gasteiger partial charge in [0.15, 0.2) is 0 Å². The van der Waals surface area contributed by atoms with Crippen LogP contribution < -0.4 is 10.7 Å². The van der Waals surface area contributed by atoms with E-state index in [4.69, 9.17) is 10.8 Å². The molecule has 4 heteroatoms. The Morgan fingerprint density at radius 3 is 2.59 bits per heavy atom. The minimum Gasteiger partial charge on any atom is -0.325 e. The van der Waals surface area contributed by atoms with E-state index in [2.05, 4.69) is 32.0 Å². The minimum atomic E-state index is -0.222. The van der Waals surface area contributed by atoms with Crippen molar-refractivity contribution in [3.05, 3.63) is 65.0 Å². The Labute approximate surface area is 130 Å². The number of nitrogens with zero attached hydrogens (tertiary/aromatic N) is 2. The molecule has 0 bridgehead atoms. The van der Waals surface area contributed by atoms with Gasteiger partial charge >= 0.3 is 0 Å². The molecule has 2 N–H and O–H groups in total. The molecule has 114 valence electrons. The van der Waals surface area contributed by atoms with E-state index in [1.165, 1.54) is 23.3 Å². The molecule has 3 rings (SSSR count). The molecule has 0 saturated heterocycles. The monoisotopic (exact) mass is 297 g/mol. The largest absolute Gasteiger partial charge is 0.325 e. The number of aryl methyl sites for hydroxylation is 2. The number of anilines is 1. The maximum atomic E-state index is 13.2. The second-order valence-electron chi connectivity index (χ2n) is 5.78. The molecule has 2 aromatic rings. The van der Waals surface area contributed by atoms with Crippen molar-refractivity contribution in [1.82, 2.24) is 0 Å². The van der Waals surface area contributed by atoms with Crippen molar-refractivity contribution in [3.8, 4) is 0 Å². The van der Waals surface area contributed by atoms with Crippen LogP contribution in [0.3, 0.4) is 0 Å². The molecular weight excluding hydrogens is 277 g/mol. The van der Waals surface area contributed by atoms with E-state index in [0.717, 1.165) is 23.4 Å². The van der Waals surface area contributed by atoms with E-state index >= 15 is 0 Å². The third kappa shape index (κ3) is 2.74. The Morgan fingerprint density at radius 1 is 1.18 bits per heavy atom. The average molecular weight is 297 g/mol. The highest BCUT2D eigenvalue weighted by atomic mass is 19.1. The summed E-state index contributed by atoms with van der Waals surface area (Å²) in [5.74, 6) is -0.222. The fourth-order valence-corrected chi connectivity index (χ4v) is 2.83. The number of hydrogen-bond acceptors (Lipinski definition) is 3. The molecule has 0 spiro atoms. The maximum Gasteiger partial charge on any atom is 0.123 e. The van der Waals surface area contributed by atoms with E-state index in [9.17, 15) is 4.39 Å². The molecule has 1 atom stereocenters. The third-order valence-electron chi connectivity index (χ3n) is 4.08. The van der Waals surface area contributed by atoms with Gasteiger partial charge in [-0.15, -0.1) is 0 Å². The van der Waals surface area contributed by atoms with Gasteiger partial charge in [-0.2, -0.15) is 5.10 Å². The van der Waals surface area contributed by atoms with Crippen molar-refractivity contribution in [2.75, 3.05) is 11.6 Å². The Kier molecular flexibility index (Phi) is 3.94. The van der Waals surface area contributed by atoms with Crippen molar-refractivity contribution in [3.63, 3.8) is 0 Å². The van der Waals surface area contributed by atoms with Gasteiger partial charge in [-0.3, -0.25) is 5.01 Å². The molecule has 3 nitrogen and oxygen atoms in total. The fraction of sp³-hybridized carbons (Fsp3) is 0.278. The van der Waals surface area contributed by atoms with Crippen LogP contribution in [0.1, 0.15) is 29.2 Å². The molecule has 0 radical (unpaired) electrons. The van der Waals surface area contributed by atoms with Gasteiger partial charge in [-0.1, -0.05) is 24.3 Å². The normalized spacial score (nSPS) is 17.7. The van der Waals surface area contributed by atoms with Gasteiger partial charge in [0.25, 0.3) is 0 Å². The van der Waals surface area contributed by atoms with E-state index in [0.29, 0.717) is 6.54 Å². The molecule has 1 aliphatic heterocycles. The first-order valence-electron chi connectivity index (χ1n) is 7.47. The second kappa shape index (κ2) is 5.89. The lowest BCUT2D eigenvalue weighted by atomic mass is 10.0. The van der Waals surface area contributed by atoms with Crippen LogP contribution >= 0.6 is 0 Å². The summed E-state index contributed by atoms with van der Waals surface area (Å²) < 4.78 is 13.2. The quantitative estimate of drug-likeness (QED) is 0.938. The Morgan fingerprint density at radius 2 is 1.91 bits per heavy atom. The van der Waals surface area contributed by atoms with Gasteiger partial charge in [0.2, 0.25) is 0 Å². The zero-order valence-corrected chi connectivity index (χ0v) is 12.9. The maximum absolute atomic E-state index is 13.2. The lowest BCUT2D eigenvalue weighted by Gasteiger charge is -2.26. The highest BCUT2D eigenvalue weighted by Crippen LogP contribution is 2.37. The Bertz CT molecular complexity index is 707. The van der Waals surface area contributed by atoms with E-state index in [-0.39, 0.29) is 11.9 Å². The summed E-state index contributed by atoms with van der Waals surface area (Å²) in [5, 5.41) is 6.72. The predicted octanol–water partition coefficient (Wildman–Crippen LogP) is 3.71. The van der Waals surface area contributed by atoms with Gasteiger partial charge in [0.1, 0.15) is 5.82 Å². The summed E-state index contributed by atoms with van der Waals surface area (Å²) in [4.78, 5) is 0. The number of nitrogens with two attached hydrogens (primary N) is 1. The minimum absolute atomic E-state index is 0.0691. The first-order chi connectivity index (χ1) is 10.6. The first-order valence-corrected chi connectivity index (χ1v) is 7.47. The van der Waals surface area contributed by atoms with Crippen LogP contribution in [0.5, 0.6) is 0 Å². The molecule has 0 aromatic heterocycles. The first kappa shape index (κ1) is 14.7. The molecule has 22 heavy (non-hydrogen) atoms. The van der Waals surface area contributed by atoms with Crippen molar-refractivity contribution >= 4 is 11.4 Å². The molecule has 1 heterocycles. The lowest BCUT2D eigenvalue weighted by Crippen LogP contribution is -2.19. The number of halogens is 1. The predicted molar refractivity (Wildman–Crippen MR) is 88.6 cm³/mol. The zero-order chi connectivity index (χ0) is 15.7.